The van der Waals surface area contributed by atoms with Crippen LogP contribution in [0.2, 0.25) is 5.02 Å². The van der Waals surface area contributed by atoms with Crippen molar-refractivity contribution >= 4 is 62.8 Å². The highest BCUT2D eigenvalue weighted by molar-refractivity contribution is 8.01. The molecule has 3 aromatic rings. The number of nitro benzene ring substituents is 1. The van der Waals surface area contributed by atoms with Crippen molar-refractivity contribution in [2.24, 2.45) is 0 Å². The van der Waals surface area contributed by atoms with E-state index in [9.17, 15) is 14.9 Å². The molecule has 3 rings (SSSR count). The number of hydrogen-bond donors (Lipinski definition) is 2. The number of carbonyl (C=O) groups excluding carboxylic acids is 1. The molecule has 0 unspecified atom stereocenters. The predicted octanol–water partition coefficient (Wildman–Crippen LogP) is 5.27. The zero-order valence-corrected chi connectivity index (χ0v) is 17.6. The molecule has 1 heterocycles. The summed E-state index contributed by atoms with van der Waals surface area (Å²) in [4.78, 5) is 22.5. The van der Waals surface area contributed by atoms with Gasteiger partial charge in [0.05, 0.1) is 4.92 Å². The Hall–Kier alpha value is -2.69. The highest BCUT2D eigenvalue weighted by atomic mass is 35.5. The first-order valence-electron chi connectivity index (χ1n) is 8.45. The van der Waals surface area contributed by atoms with Gasteiger partial charge in [-0.2, -0.15) is 0 Å². The van der Waals surface area contributed by atoms with Crippen LogP contribution < -0.4 is 10.6 Å². The number of nitrogens with one attached hydrogen (secondary N) is 2. The third-order valence-corrected chi connectivity index (χ3v) is 6.14. The maximum atomic E-state index is 12.1. The molecule has 0 aliphatic rings. The van der Waals surface area contributed by atoms with Gasteiger partial charge in [-0.1, -0.05) is 52.9 Å². The van der Waals surface area contributed by atoms with E-state index in [1.807, 2.05) is 25.1 Å². The van der Waals surface area contributed by atoms with Crippen molar-refractivity contribution in [1.29, 1.82) is 0 Å². The number of carbonyl (C=O) groups is 1. The summed E-state index contributed by atoms with van der Waals surface area (Å²) in [6, 6.07) is 11.7. The minimum absolute atomic E-state index is 0.135. The lowest BCUT2D eigenvalue weighted by Gasteiger charge is -2.05. The van der Waals surface area contributed by atoms with E-state index in [1.54, 1.807) is 12.1 Å². The second kappa shape index (κ2) is 9.68. The average molecular weight is 450 g/mol. The van der Waals surface area contributed by atoms with Crippen LogP contribution in [0.25, 0.3) is 0 Å². The number of aromatic nitrogens is 2. The number of para-hydroxylation sites is 2. The van der Waals surface area contributed by atoms with Crippen molar-refractivity contribution in [3.05, 3.63) is 63.2 Å². The molecule has 150 valence electrons. The van der Waals surface area contributed by atoms with Crippen molar-refractivity contribution in [2.75, 3.05) is 16.4 Å². The Balaban J connectivity index is 1.49. The van der Waals surface area contributed by atoms with Gasteiger partial charge in [0.1, 0.15) is 5.69 Å². The summed E-state index contributed by atoms with van der Waals surface area (Å²) in [5.74, 6) is 0.168. The number of nitrogens with zero attached hydrogens (tertiary/aromatic N) is 3. The molecule has 2 aromatic carbocycles. The standard InChI is InChI=1S/C18H16ClN5O3S2/c1-11-6-7-12(10-13(11)19)20-17-22-23-18(29-17)28-9-8-16(25)21-14-4-2-3-5-15(14)24(26)27/h2-7,10H,8-9H2,1H3,(H,20,22)(H,21,25). The molecule has 0 aliphatic carbocycles. The summed E-state index contributed by atoms with van der Waals surface area (Å²) >= 11 is 8.87. The van der Waals surface area contributed by atoms with Gasteiger partial charge in [-0.05, 0) is 30.7 Å². The largest absolute Gasteiger partial charge is 0.330 e. The van der Waals surface area contributed by atoms with E-state index in [4.69, 9.17) is 11.6 Å². The van der Waals surface area contributed by atoms with Crippen LogP contribution in [-0.4, -0.2) is 26.8 Å². The highest BCUT2D eigenvalue weighted by Crippen LogP contribution is 2.30. The van der Waals surface area contributed by atoms with E-state index in [0.29, 0.717) is 20.2 Å². The average Bonchev–Trinajstić information content (AvgIpc) is 3.12. The van der Waals surface area contributed by atoms with E-state index in [-0.39, 0.29) is 23.7 Å². The minimum atomic E-state index is -0.526. The number of thioether (sulfide) groups is 1. The SMILES string of the molecule is Cc1ccc(Nc2nnc(SCCC(=O)Nc3ccccc3[N+](=O)[O-])s2)cc1Cl. The summed E-state index contributed by atoms with van der Waals surface area (Å²) in [6.07, 6.45) is 0.187. The molecule has 0 fully saturated rings. The fraction of sp³-hybridized carbons (Fsp3) is 0.167. The second-order valence-electron chi connectivity index (χ2n) is 5.88. The number of aryl methyl sites for hydroxylation is 1. The van der Waals surface area contributed by atoms with Crippen LogP contribution in [-0.2, 0) is 4.79 Å². The molecule has 0 atom stereocenters. The molecule has 8 nitrogen and oxygen atoms in total. The van der Waals surface area contributed by atoms with E-state index >= 15 is 0 Å². The monoisotopic (exact) mass is 449 g/mol. The molecule has 29 heavy (non-hydrogen) atoms. The summed E-state index contributed by atoms with van der Waals surface area (Å²) in [5.41, 5.74) is 1.86. The Morgan fingerprint density at radius 3 is 2.83 bits per heavy atom. The number of anilines is 3. The topological polar surface area (TPSA) is 110 Å². The molecule has 0 aliphatic heterocycles. The molecule has 1 aromatic heterocycles. The van der Waals surface area contributed by atoms with Crippen LogP contribution in [0.1, 0.15) is 12.0 Å². The van der Waals surface area contributed by atoms with Crippen molar-refractivity contribution in [3.63, 3.8) is 0 Å². The van der Waals surface area contributed by atoms with Gasteiger partial charge in [0.2, 0.25) is 11.0 Å². The fourth-order valence-corrected chi connectivity index (χ4v) is 4.26. The number of benzene rings is 2. The first-order valence-corrected chi connectivity index (χ1v) is 10.6. The van der Waals surface area contributed by atoms with Gasteiger partial charge in [0.25, 0.3) is 5.69 Å². The predicted molar refractivity (Wildman–Crippen MR) is 116 cm³/mol. The molecular weight excluding hydrogens is 434 g/mol. The van der Waals surface area contributed by atoms with Crippen molar-refractivity contribution in [2.45, 2.75) is 17.7 Å². The third-order valence-electron chi connectivity index (χ3n) is 3.76. The second-order valence-corrected chi connectivity index (χ2v) is 8.61. The maximum absolute atomic E-state index is 12.1. The quantitative estimate of drug-likeness (QED) is 0.273. The van der Waals surface area contributed by atoms with E-state index in [2.05, 4.69) is 20.8 Å². The van der Waals surface area contributed by atoms with Crippen molar-refractivity contribution in [3.8, 4) is 0 Å². The van der Waals surface area contributed by atoms with Gasteiger partial charge in [-0.3, -0.25) is 14.9 Å². The lowest BCUT2D eigenvalue weighted by molar-refractivity contribution is -0.383. The molecule has 0 bridgehead atoms. The van der Waals surface area contributed by atoms with Gasteiger partial charge < -0.3 is 10.6 Å². The normalized spacial score (nSPS) is 10.6. The number of halogens is 1. The lowest BCUT2D eigenvalue weighted by Crippen LogP contribution is -2.13. The Morgan fingerprint density at radius 2 is 2.07 bits per heavy atom. The van der Waals surface area contributed by atoms with Crippen LogP contribution in [0.4, 0.5) is 22.2 Å². The molecule has 0 saturated carbocycles. The maximum Gasteiger partial charge on any atom is 0.292 e. The van der Waals surface area contributed by atoms with Crippen LogP contribution in [0.3, 0.4) is 0 Å². The molecule has 1 amide bonds. The number of hydrogen-bond acceptors (Lipinski definition) is 8. The first-order chi connectivity index (χ1) is 13.9. The van der Waals surface area contributed by atoms with Crippen LogP contribution in [0.5, 0.6) is 0 Å². The Kier molecular flexibility index (Phi) is 7.02. The van der Waals surface area contributed by atoms with Gasteiger partial charge >= 0.3 is 0 Å². The molecule has 0 saturated heterocycles. The van der Waals surface area contributed by atoms with Gasteiger partial charge in [-0.15, -0.1) is 10.2 Å². The van der Waals surface area contributed by atoms with Crippen molar-refractivity contribution in [1.82, 2.24) is 10.2 Å². The highest BCUT2D eigenvalue weighted by Gasteiger charge is 2.15. The van der Waals surface area contributed by atoms with E-state index in [1.165, 1.54) is 35.2 Å². The van der Waals surface area contributed by atoms with Crippen molar-refractivity contribution < 1.29 is 9.72 Å². The molecule has 2 N–H and O–H groups in total. The number of amides is 1. The summed E-state index contributed by atoms with van der Waals surface area (Å²) in [5, 5.41) is 26.2. The van der Waals surface area contributed by atoms with Crippen LogP contribution in [0, 0.1) is 17.0 Å². The van der Waals surface area contributed by atoms with Gasteiger partial charge in [0, 0.05) is 29.0 Å². The minimum Gasteiger partial charge on any atom is -0.330 e. The number of rotatable bonds is 8. The summed E-state index contributed by atoms with van der Waals surface area (Å²) in [6.45, 7) is 1.93. The third kappa shape index (κ3) is 5.89. The molecule has 0 radical (unpaired) electrons. The summed E-state index contributed by atoms with van der Waals surface area (Å²) in [7, 11) is 0. The van der Waals surface area contributed by atoms with E-state index in [0.717, 1.165) is 11.3 Å². The zero-order valence-electron chi connectivity index (χ0n) is 15.2. The van der Waals surface area contributed by atoms with Gasteiger partial charge in [0.15, 0.2) is 4.34 Å². The molecule has 11 heteroatoms. The first kappa shape index (κ1) is 21.0. The Bertz CT molecular complexity index is 1040. The lowest BCUT2D eigenvalue weighted by atomic mass is 10.2. The Morgan fingerprint density at radius 1 is 1.28 bits per heavy atom. The van der Waals surface area contributed by atoms with E-state index < -0.39 is 4.92 Å². The fourth-order valence-electron chi connectivity index (χ4n) is 2.29. The Labute approximate surface area is 179 Å². The van der Waals surface area contributed by atoms with Crippen LogP contribution in [0.15, 0.2) is 46.8 Å². The zero-order chi connectivity index (χ0) is 20.8. The molecule has 0 spiro atoms. The van der Waals surface area contributed by atoms with Crippen LogP contribution >= 0.6 is 34.7 Å². The van der Waals surface area contributed by atoms with Gasteiger partial charge in [-0.25, -0.2) is 0 Å². The summed E-state index contributed by atoms with van der Waals surface area (Å²) < 4.78 is 0.712. The number of nitro groups is 1. The molecular formula is C18H16ClN5O3S2. The smallest absolute Gasteiger partial charge is 0.292 e.